The maximum atomic E-state index is 13.6. The number of benzene rings is 2. The molecule has 0 bridgehead atoms. The van der Waals surface area contributed by atoms with Gasteiger partial charge in [-0.25, -0.2) is 9.97 Å². The maximum Gasteiger partial charge on any atom is 0.416 e. The molecule has 0 aliphatic carbocycles. The van der Waals surface area contributed by atoms with Crippen molar-refractivity contribution in [2.75, 3.05) is 10.6 Å². The summed E-state index contributed by atoms with van der Waals surface area (Å²) in [6.45, 7) is 3.59. The number of nitrogens with one attached hydrogen (secondary N) is 4. The van der Waals surface area contributed by atoms with Crippen molar-refractivity contribution >= 4 is 40.1 Å². The second-order valence-electron chi connectivity index (χ2n) is 9.20. The van der Waals surface area contributed by atoms with Crippen molar-refractivity contribution in [3.63, 3.8) is 0 Å². The Kier molecular flexibility index (Phi) is 6.95. The number of H-pyrrole nitrogens is 1. The van der Waals surface area contributed by atoms with Gasteiger partial charge in [0, 0.05) is 70.2 Å². The van der Waals surface area contributed by atoms with Crippen molar-refractivity contribution in [1.29, 1.82) is 5.41 Å². The van der Waals surface area contributed by atoms with Gasteiger partial charge >= 0.3 is 6.18 Å². The van der Waals surface area contributed by atoms with Crippen LogP contribution in [0.4, 0.5) is 24.5 Å². The molecular formula is C29H24F3N7O. The van der Waals surface area contributed by atoms with Crippen LogP contribution in [0.5, 0.6) is 0 Å². The van der Waals surface area contributed by atoms with Crippen molar-refractivity contribution in [2.24, 2.45) is 0 Å². The van der Waals surface area contributed by atoms with Crippen LogP contribution in [-0.4, -0.2) is 31.6 Å². The predicted molar refractivity (Wildman–Crippen MR) is 149 cm³/mol. The number of fused-ring (bicyclic) bond motifs is 1. The Morgan fingerprint density at radius 2 is 1.88 bits per heavy atom. The zero-order valence-electron chi connectivity index (χ0n) is 21.5. The number of carbonyl (C=O) groups excluding carboxylic acids is 1. The number of alkyl halides is 3. The second kappa shape index (κ2) is 10.5. The molecule has 5 aromatic rings. The highest BCUT2D eigenvalue weighted by molar-refractivity contribution is 6.09. The Morgan fingerprint density at radius 3 is 2.60 bits per heavy atom. The first-order valence-electron chi connectivity index (χ1n) is 12.2. The molecule has 1 amide bonds. The van der Waals surface area contributed by atoms with Gasteiger partial charge in [0.15, 0.2) is 0 Å². The Balaban J connectivity index is 1.40. The molecule has 2 aromatic carbocycles. The van der Waals surface area contributed by atoms with Crippen LogP contribution in [0.25, 0.3) is 22.3 Å². The molecule has 0 atom stereocenters. The average Bonchev–Trinajstić information content (AvgIpc) is 3.58. The van der Waals surface area contributed by atoms with E-state index < -0.39 is 17.6 Å². The molecule has 0 radical (unpaired) electrons. The van der Waals surface area contributed by atoms with E-state index >= 15 is 0 Å². The minimum absolute atomic E-state index is 0.148. The number of imidazole rings is 1. The molecular weight excluding hydrogens is 519 g/mol. The third-order valence-electron chi connectivity index (χ3n) is 6.28. The lowest BCUT2D eigenvalue weighted by molar-refractivity contribution is -0.137. The fraction of sp³-hybridized carbons (Fsp3) is 0.103. The number of nitrogens with zero attached hydrogens (tertiary/aromatic N) is 3. The molecule has 3 aromatic heterocycles. The van der Waals surface area contributed by atoms with Crippen LogP contribution in [0.3, 0.4) is 0 Å². The molecule has 8 nitrogen and oxygen atoms in total. The standard InChI is InChI=1S/C29H24F3N7O/c1-17-3-4-24(11-26(17)35-14-22(12-33)21-7-19-5-6-34-27(19)36-13-21)38-28(40)20-8-23(29(30,31)32)10-25(9-20)39-15-18(2)37-16-39/h3-16,33,35H,1-2H3,(H,34,36)(H,38,40)/b22-14+,33-12?. The number of hydrogen-bond acceptors (Lipinski definition) is 5. The van der Waals surface area contributed by atoms with Gasteiger partial charge < -0.3 is 25.6 Å². The molecule has 5 rings (SSSR count). The molecule has 0 unspecified atom stereocenters. The molecule has 0 spiro atoms. The number of aryl methyl sites for hydroxylation is 2. The number of aromatic amines is 1. The van der Waals surface area contributed by atoms with Crippen molar-refractivity contribution in [3.05, 3.63) is 108 Å². The van der Waals surface area contributed by atoms with Crippen molar-refractivity contribution in [2.45, 2.75) is 20.0 Å². The third kappa shape index (κ3) is 5.63. The average molecular weight is 544 g/mol. The van der Waals surface area contributed by atoms with Crippen LogP contribution in [0, 0.1) is 19.3 Å². The summed E-state index contributed by atoms with van der Waals surface area (Å²) < 4.78 is 42.3. The van der Waals surface area contributed by atoms with E-state index in [9.17, 15) is 18.0 Å². The molecule has 3 heterocycles. The highest BCUT2D eigenvalue weighted by atomic mass is 19.4. The van der Waals surface area contributed by atoms with Gasteiger partial charge in [-0.1, -0.05) is 6.07 Å². The van der Waals surface area contributed by atoms with Crippen LogP contribution in [-0.2, 0) is 6.18 Å². The van der Waals surface area contributed by atoms with E-state index in [4.69, 9.17) is 5.41 Å². The summed E-state index contributed by atoms with van der Waals surface area (Å²) in [5.41, 5.74) is 3.66. The quantitative estimate of drug-likeness (QED) is 0.170. The minimum atomic E-state index is -4.64. The van der Waals surface area contributed by atoms with Crippen LogP contribution >= 0.6 is 0 Å². The van der Waals surface area contributed by atoms with Gasteiger partial charge in [-0.3, -0.25) is 4.79 Å². The van der Waals surface area contributed by atoms with Crippen molar-refractivity contribution in [3.8, 4) is 5.69 Å². The fourth-order valence-corrected chi connectivity index (χ4v) is 4.14. The molecule has 11 heteroatoms. The first-order chi connectivity index (χ1) is 19.1. The predicted octanol–water partition coefficient (Wildman–Crippen LogP) is 6.74. The lowest BCUT2D eigenvalue weighted by atomic mass is 10.1. The Morgan fingerprint density at radius 1 is 1.05 bits per heavy atom. The summed E-state index contributed by atoms with van der Waals surface area (Å²) in [5.74, 6) is -0.694. The number of rotatable bonds is 7. The lowest BCUT2D eigenvalue weighted by Crippen LogP contribution is -2.15. The molecule has 0 saturated carbocycles. The van der Waals surface area contributed by atoms with Crippen LogP contribution in [0.1, 0.15) is 32.7 Å². The highest BCUT2D eigenvalue weighted by Gasteiger charge is 2.32. The molecule has 0 fully saturated rings. The molecule has 4 N–H and O–H groups in total. The van der Waals surface area contributed by atoms with Gasteiger partial charge in [-0.05, 0) is 61.9 Å². The van der Waals surface area contributed by atoms with E-state index in [0.29, 0.717) is 22.6 Å². The molecule has 202 valence electrons. The SMILES string of the molecule is Cc1cn(-c2cc(C(=O)Nc3ccc(C)c(N/C=C(\C=N)c4cnc5[nH]ccc5c4)c3)cc(C(F)(F)F)c2)cn1. The topological polar surface area (TPSA) is 111 Å². The lowest BCUT2D eigenvalue weighted by Gasteiger charge is -2.14. The van der Waals surface area contributed by atoms with Gasteiger partial charge in [-0.2, -0.15) is 13.2 Å². The van der Waals surface area contributed by atoms with Crippen LogP contribution in [0.15, 0.2) is 79.6 Å². The highest BCUT2D eigenvalue weighted by Crippen LogP contribution is 2.32. The minimum Gasteiger partial charge on any atom is -0.361 e. The molecule has 0 aliphatic rings. The number of amides is 1. The fourth-order valence-electron chi connectivity index (χ4n) is 4.14. The number of hydrogen-bond donors (Lipinski definition) is 4. The number of anilines is 2. The first kappa shape index (κ1) is 26.4. The Labute approximate surface area is 227 Å². The van der Waals surface area contributed by atoms with Crippen LogP contribution in [0.2, 0.25) is 0 Å². The van der Waals surface area contributed by atoms with E-state index in [1.165, 1.54) is 23.2 Å². The monoisotopic (exact) mass is 543 g/mol. The Hall–Kier alpha value is -5.19. The van der Waals surface area contributed by atoms with E-state index in [-0.39, 0.29) is 11.3 Å². The van der Waals surface area contributed by atoms with E-state index in [0.717, 1.165) is 34.3 Å². The summed E-state index contributed by atoms with van der Waals surface area (Å²) >= 11 is 0. The summed E-state index contributed by atoms with van der Waals surface area (Å²) in [5, 5.41) is 14.6. The van der Waals surface area contributed by atoms with Gasteiger partial charge in [0.2, 0.25) is 0 Å². The number of halogens is 3. The van der Waals surface area contributed by atoms with Gasteiger partial charge in [0.05, 0.1) is 17.6 Å². The van der Waals surface area contributed by atoms with E-state index in [1.807, 2.05) is 19.1 Å². The Bertz CT molecular complexity index is 1770. The number of carbonyl (C=O) groups is 1. The first-order valence-corrected chi connectivity index (χ1v) is 12.2. The van der Waals surface area contributed by atoms with Crippen molar-refractivity contribution < 1.29 is 18.0 Å². The number of aromatic nitrogens is 4. The molecule has 40 heavy (non-hydrogen) atoms. The number of pyridine rings is 1. The summed E-state index contributed by atoms with van der Waals surface area (Å²) in [7, 11) is 0. The largest absolute Gasteiger partial charge is 0.416 e. The van der Waals surface area contributed by atoms with Gasteiger partial charge in [0.25, 0.3) is 5.91 Å². The van der Waals surface area contributed by atoms with Crippen LogP contribution < -0.4 is 10.6 Å². The van der Waals surface area contributed by atoms with E-state index in [1.54, 1.807) is 49.9 Å². The zero-order chi connectivity index (χ0) is 28.4. The summed E-state index contributed by atoms with van der Waals surface area (Å²) in [6, 6.07) is 12.1. The zero-order valence-corrected chi connectivity index (χ0v) is 21.5. The van der Waals surface area contributed by atoms with Gasteiger partial charge in [0.1, 0.15) is 5.65 Å². The second-order valence-corrected chi connectivity index (χ2v) is 9.20. The number of allylic oxidation sites excluding steroid dienone is 1. The maximum absolute atomic E-state index is 13.6. The normalized spacial score (nSPS) is 12.0. The summed E-state index contributed by atoms with van der Waals surface area (Å²) in [4.78, 5) is 24.5. The smallest absolute Gasteiger partial charge is 0.361 e. The molecule has 0 saturated heterocycles. The third-order valence-corrected chi connectivity index (χ3v) is 6.28. The van der Waals surface area contributed by atoms with Gasteiger partial charge in [-0.15, -0.1) is 0 Å². The van der Waals surface area contributed by atoms with Crippen molar-refractivity contribution in [1.82, 2.24) is 19.5 Å². The molecule has 0 aliphatic heterocycles. The summed E-state index contributed by atoms with van der Waals surface area (Å²) in [6.07, 6.45) is 4.65. The van der Waals surface area contributed by atoms with E-state index in [2.05, 4.69) is 25.6 Å².